The molecule has 1 heterocycles. The first-order valence-electron chi connectivity index (χ1n) is 16.9. The molecular weight excluding hydrogens is 616 g/mol. The first-order chi connectivity index (χ1) is 22.7. The largest absolute Gasteiger partial charge is 0.512 e. The molecule has 48 heavy (non-hydrogen) atoms. The van der Waals surface area contributed by atoms with Crippen molar-refractivity contribution in [1.29, 1.82) is 0 Å². The zero-order valence-electron chi connectivity index (χ0n) is 28.7. The van der Waals surface area contributed by atoms with Crippen molar-refractivity contribution in [2.24, 2.45) is 11.8 Å². The second-order valence-corrected chi connectivity index (χ2v) is 13.5. The van der Waals surface area contributed by atoms with Gasteiger partial charge in [0.05, 0.1) is 31.1 Å². The van der Waals surface area contributed by atoms with E-state index in [0.29, 0.717) is 82.1 Å². The number of anilines is 1. The van der Waals surface area contributed by atoms with Crippen molar-refractivity contribution < 1.29 is 29.7 Å². The van der Waals surface area contributed by atoms with Crippen LogP contribution in [0, 0.1) is 11.8 Å². The van der Waals surface area contributed by atoms with Gasteiger partial charge in [0.25, 0.3) is 0 Å². The van der Waals surface area contributed by atoms with E-state index < -0.39 is 22.8 Å². The predicted molar refractivity (Wildman–Crippen MR) is 186 cm³/mol. The number of carboxylic acids is 2. The summed E-state index contributed by atoms with van der Waals surface area (Å²) >= 11 is 0. The SMILES string of the molecule is C=C(O)CN1CCN(CC(=O)O)CCN(c2c(CCc3ccc(CCC(=O)[C@@H](C)CC(C)C)cc3)c(=O)c2=O)CCN(CC(=O)O)CC1. The number of hydrogen-bond acceptors (Lipinski definition) is 10. The van der Waals surface area contributed by atoms with Gasteiger partial charge < -0.3 is 20.2 Å². The predicted octanol–water partition coefficient (Wildman–Crippen LogP) is 2.22. The minimum absolute atomic E-state index is 0.0370. The summed E-state index contributed by atoms with van der Waals surface area (Å²) in [4.78, 5) is 68.8. The molecule has 12 heteroatoms. The Morgan fingerprint density at radius 3 is 1.60 bits per heavy atom. The second-order valence-electron chi connectivity index (χ2n) is 13.5. The molecule has 2 aromatic rings. The van der Waals surface area contributed by atoms with Gasteiger partial charge in [-0.25, -0.2) is 0 Å². The molecule has 0 radical (unpaired) electrons. The molecular formula is C36H52N4O8. The summed E-state index contributed by atoms with van der Waals surface area (Å²) < 4.78 is 0. The summed E-state index contributed by atoms with van der Waals surface area (Å²) in [5.41, 5.74) is 1.73. The molecule has 3 N–H and O–H groups in total. The summed E-state index contributed by atoms with van der Waals surface area (Å²) in [5, 5.41) is 28.8. The lowest BCUT2D eigenvalue weighted by molar-refractivity contribution is -0.139. The normalized spacial score (nSPS) is 16.8. The first kappa shape index (κ1) is 38.6. The van der Waals surface area contributed by atoms with E-state index in [1.54, 1.807) is 14.7 Å². The molecule has 1 aliphatic rings. The molecule has 0 spiro atoms. The standard InChI is InChI=1S/C36H52N4O8/c1-25(2)21-26(3)31(42)12-10-29-7-5-28(6-8-29)9-11-30-34(36(48)35(30)47)40-19-17-38(23-32(43)44)15-13-37(22-27(4)41)14-16-39(18-20-40)24-33(45)46/h5-8,25-26,41H,4,9-24H2,1-3H3,(H,43,44)(H,45,46)/t26-/m0/s1. The molecule has 1 atom stereocenters. The maximum Gasteiger partial charge on any atom is 0.317 e. The van der Waals surface area contributed by atoms with Crippen molar-refractivity contribution in [1.82, 2.24) is 14.7 Å². The summed E-state index contributed by atoms with van der Waals surface area (Å²) in [6.07, 6.45) is 2.96. The molecule has 0 aliphatic carbocycles. The molecule has 0 amide bonds. The molecule has 0 unspecified atom stereocenters. The molecule has 2 aromatic carbocycles. The number of aliphatic carboxylic acids is 2. The van der Waals surface area contributed by atoms with Gasteiger partial charge in [-0.3, -0.25) is 38.7 Å². The fraction of sp³-hybridized carbons (Fsp3) is 0.583. The first-order valence-corrected chi connectivity index (χ1v) is 16.9. The highest BCUT2D eigenvalue weighted by atomic mass is 16.4. The van der Waals surface area contributed by atoms with Gasteiger partial charge in [0.2, 0.25) is 10.9 Å². The molecule has 0 bridgehead atoms. The number of carboxylic acid groups (broad SMARTS) is 2. The van der Waals surface area contributed by atoms with Gasteiger partial charge in [0.15, 0.2) is 0 Å². The van der Waals surface area contributed by atoms with E-state index in [-0.39, 0.29) is 50.2 Å². The number of aliphatic hydroxyl groups is 1. The van der Waals surface area contributed by atoms with Crippen molar-refractivity contribution in [2.75, 3.05) is 76.9 Å². The van der Waals surface area contributed by atoms with Crippen molar-refractivity contribution in [3.63, 3.8) is 0 Å². The summed E-state index contributed by atoms with van der Waals surface area (Å²) in [5.74, 6) is -1.22. The number of aliphatic hydroxyl groups excluding tert-OH is 1. The highest BCUT2D eigenvalue weighted by Gasteiger charge is 2.27. The lowest BCUT2D eigenvalue weighted by atomic mass is 9.91. The monoisotopic (exact) mass is 668 g/mol. The molecule has 1 aliphatic heterocycles. The second kappa shape index (κ2) is 18.6. The van der Waals surface area contributed by atoms with E-state index in [2.05, 4.69) is 20.4 Å². The smallest absolute Gasteiger partial charge is 0.317 e. The van der Waals surface area contributed by atoms with Crippen LogP contribution >= 0.6 is 0 Å². The van der Waals surface area contributed by atoms with Gasteiger partial charge in [-0.15, -0.1) is 0 Å². The van der Waals surface area contributed by atoms with Gasteiger partial charge >= 0.3 is 11.9 Å². The molecule has 12 nitrogen and oxygen atoms in total. The minimum Gasteiger partial charge on any atom is -0.512 e. The average Bonchev–Trinajstić information content (AvgIpc) is 3.01. The number of benzene rings is 1. The van der Waals surface area contributed by atoms with E-state index >= 15 is 0 Å². The number of rotatable bonds is 16. The van der Waals surface area contributed by atoms with Crippen LogP contribution in [0.25, 0.3) is 0 Å². The van der Waals surface area contributed by atoms with Crippen LogP contribution in [0.5, 0.6) is 0 Å². The minimum atomic E-state index is -0.993. The van der Waals surface area contributed by atoms with Crippen LogP contribution < -0.4 is 15.8 Å². The highest BCUT2D eigenvalue weighted by molar-refractivity contribution is 5.80. The van der Waals surface area contributed by atoms with Gasteiger partial charge in [-0.1, -0.05) is 51.6 Å². The Kier molecular flexibility index (Phi) is 15.0. The van der Waals surface area contributed by atoms with Crippen LogP contribution in [0.15, 0.2) is 46.2 Å². The number of carbonyl (C=O) groups is 3. The average molecular weight is 669 g/mol. The van der Waals surface area contributed by atoms with E-state index in [1.165, 1.54) is 0 Å². The summed E-state index contributed by atoms with van der Waals surface area (Å²) in [6, 6.07) is 7.98. The fourth-order valence-corrected chi connectivity index (χ4v) is 6.36. The molecule has 1 saturated heterocycles. The van der Waals surface area contributed by atoms with Gasteiger partial charge in [-0.2, -0.15) is 0 Å². The van der Waals surface area contributed by atoms with Crippen LogP contribution in [0.3, 0.4) is 0 Å². The molecule has 264 valence electrons. The molecule has 3 rings (SSSR count). The lowest BCUT2D eigenvalue weighted by Crippen LogP contribution is -2.51. The Morgan fingerprint density at radius 1 is 0.688 bits per heavy atom. The van der Waals surface area contributed by atoms with Gasteiger partial charge in [-0.05, 0) is 42.7 Å². The maximum atomic E-state index is 13.0. The third kappa shape index (κ3) is 12.3. The van der Waals surface area contributed by atoms with Crippen molar-refractivity contribution >= 4 is 23.4 Å². The molecule has 1 fully saturated rings. The zero-order valence-corrected chi connectivity index (χ0v) is 28.7. The topological polar surface area (TPSA) is 159 Å². The van der Waals surface area contributed by atoms with Crippen LogP contribution in [0.1, 0.15) is 50.3 Å². The van der Waals surface area contributed by atoms with E-state index in [9.17, 15) is 39.3 Å². The van der Waals surface area contributed by atoms with E-state index in [4.69, 9.17) is 0 Å². The van der Waals surface area contributed by atoms with Crippen LogP contribution in [0.4, 0.5) is 5.69 Å². The van der Waals surface area contributed by atoms with Gasteiger partial charge in [0, 0.05) is 70.3 Å². The Balaban J connectivity index is 1.73. The number of Topliss-reactive ketones (excluding diaryl/α,β-unsaturated/α-hetero) is 1. The van der Waals surface area contributed by atoms with Crippen molar-refractivity contribution in [3.8, 4) is 0 Å². The number of carbonyl (C=O) groups excluding carboxylic acids is 1. The Bertz CT molecular complexity index is 1430. The third-order valence-electron chi connectivity index (χ3n) is 8.98. The number of nitrogens with zero attached hydrogens (tertiary/aromatic N) is 4. The third-order valence-corrected chi connectivity index (χ3v) is 8.98. The number of aryl methyl sites for hydroxylation is 2. The number of ketones is 1. The lowest BCUT2D eigenvalue weighted by Gasteiger charge is -2.35. The Hall–Kier alpha value is -3.87. The maximum absolute atomic E-state index is 13.0. The summed E-state index contributed by atoms with van der Waals surface area (Å²) in [7, 11) is 0. The van der Waals surface area contributed by atoms with Crippen molar-refractivity contribution in [2.45, 2.75) is 52.9 Å². The number of hydrogen-bond donors (Lipinski definition) is 3. The quantitative estimate of drug-likeness (QED) is 0.177. The Labute approximate surface area is 282 Å². The summed E-state index contributed by atoms with van der Waals surface area (Å²) in [6.45, 7) is 12.3. The van der Waals surface area contributed by atoms with Crippen LogP contribution in [0.2, 0.25) is 0 Å². The molecule has 0 saturated carbocycles. The highest BCUT2D eigenvalue weighted by Crippen LogP contribution is 2.19. The zero-order chi connectivity index (χ0) is 35.4. The van der Waals surface area contributed by atoms with Gasteiger partial charge in [0.1, 0.15) is 5.78 Å². The van der Waals surface area contributed by atoms with E-state index in [0.717, 1.165) is 17.5 Å². The van der Waals surface area contributed by atoms with Crippen molar-refractivity contribution in [3.05, 3.63) is 73.7 Å². The van der Waals surface area contributed by atoms with E-state index in [1.807, 2.05) is 36.1 Å². The molecule has 0 aromatic heterocycles. The Morgan fingerprint density at radius 2 is 1.15 bits per heavy atom. The van der Waals surface area contributed by atoms with Crippen LogP contribution in [-0.2, 0) is 33.6 Å². The van der Waals surface area contributed by atoms with Crippen LogP contribution in [-0.4, -0.2) is 120 Å². The fourth-order valence-electron chi connectivity index (χ4n) is 6.36.